The third kappa shape index (κ3) is 2.98. The highest BCUT2D eigenvalue weighted by Crippen LogP contribution is 2.41. The number of aliphatic imine (C=N–C) groups is 1. The van der Waals surface area contributed by atoms with Gasteiger partial charge in [0.2, 0.25) is 0 Å². The zero-order valence-corrected chi connectivity index (χ0v) is 18.6. The molecule has 1 unspecified atom stereocenters. The lowest BCUT2D eigenvalue weighted by atomic mass is 9.85. The molecule has 2 bridgehead atoms. The van der Waals surface area contributed by atoms with Crippen molar-refractivity contribution in [3.05, 3.63) is 61.9 Å². The Morgan fingerprint density at radius 3 is 2.91 bits per heavy atom. The normalized spacial score (nSPS) is 27.3. The van der Waals surface area contributed by atoms with Crippen LogP contribution in [0.3, 0.4) is 0 Å². The lowest BCUT2D eigenvalue weighted by molar-refractivity contribution is -0.172. The van der Waals surface area contributed by atoms with Gasteiger partial charge >= 0.3 is 5.97 Å². The number of fused-ring (bicyclic) bond motifs is 5. The van der Waals surface area contributed by atoms with Crippen molar-refractivity contribution in [3.63, 3.8) is 0 Å². The number of hydrogen-bond donors (Lipinski definition) is 1. The number of cyclic esters (lactones) is 1. The van der Waals surface area contributed by atoms with Crippen molar-refractivity contribution in [1.29, 1.82) is 0 Å². The van der Waals surface area contributed by atoms with Gasteiger partial charge in [-0.05, 0) is 61.8 Å². The zero-order chi connectivity index (χ0) is 22.8. The number of hydrogen-bond acceptors (Lipinski definition) is 5. The minimum absolute atomic E-state index is 0.0972. The Morgan fingerprint density at radius 2 is 2.16 bits per heavy atom. The van der Waals surface area contributed by atoms with Gasteiger partial charge in [0.15, 0.2) is 5.60 Å². The van der Waals surface area contributed by atoms with Crippen LogP contribution in [0, 0.1) is 5.92 Å². The molecule has 168 valence electrons. The first-order valence-electron chi connectivity index (χ1n) is 11.3. The average molecular weight is 438 g/mol. The quantitative estimate of drug-likeness (QED) is 0.671. The monoisotopic (exact) mass is 438 g/mol. The lowest BCUT2D eigenvalue weighted by Crippen LogP contribution is -2.44. The standard InChI is InChI=1S/C25H27FN2O4/c1-4-25(31)19-10-21-22-17(11-28(21)23(29)18(19)12-32-24(25)30)13(2)6-5-7-15-8-16(27-22)9-20(26)14(15)3/h9-10,13,31H,4-8,11-12H2,1-3H3/t13?,25-/m0/s1. The molecule has 2 atom stereocenters. The van der Waals surface area contributed by atoms with E-state index in [1.807, 2.05) is 6.92 Å². The molecule has 1 aliphatic carbocycles. The number of carbonyl (C=O) groups excluding carboxylic acids is 1. The number of aromatic nitrogens is 1. The van der Waals surface area contributed by atoms with Crippen molar-refractivity contribution in [1.82, 2.24) is 4.57 Å². The van der Waals surface area contributed by atoms with Crippen LogP contribution in [0.4, 0.5) is 4.39 Å². The Labute approximate surface area is 185 Å². The summed E-state index contributed by atoms with van der Waals surface area (Å²) in [5.74, 6) is -0.802. The minimum atomic E-state index is -1.86. The molecule has 1 aromatic heterocycles. The molecule has 5 rings (SSSR count). The predicted octanol–water partition coefficient (Wildman–Crippen LogP) is 4.06. The zero-order valence-electron chi connectivity index (χ0n) is 18.6. The number of rotatable bonds is 1. The van der Waals surface area contributed by atoms with Gasteiger partial charge in [-0.1, -0.05) is 19.4 Å². The van der Waals surface area contributed by atoms with E-state index in [1.54, 1.807) is 17.6 Å². The van der Waals surface area contributed by atoms with Crippen molar-refractivity contribution in [2.24, 2.45) is 10.9 Å². The lowest BCUT2D eigenvalue weighted by Gasteiger charge is -2.31. The smallest absolute Gasteiger partial charge is 0.343 e. The molecule has 0 radical (unpaired) electrons. The number of aliphatic hydroxyl groups is 1. The summed E-state index contributed by atoms with van der Waals surface area (Å²) in [5, 5.41) is 11.1. The highest BCUT2D eigenvalue weighted by molar-refractivity contribution is 6.02. The maximum absolute atomic E-state index is 14.6. The van der Waals surface area contributed by atoms with Crippen molar-refractivity contribution in [3.8, 4) is 0 Å². The van der Waals surface area contributed by atoms with E-state index in [0.717, 1.165) is 30.4 Å². The Bertz CT molecular complexity index is 1230. The van der Waals surface area contributed by atoms with E-state index in [1.165, 1.54) is 6.08 Å². The first-order valence-corrected chi connectivity index (χ1v) is 11.3. The molecule has 1 N–H and O–H groups in total. The Morgan fingerprint density at radius 1 is 1.38 bits per heavy atom. The van der Waals surface area contributed by atoms with Crippen molar-refractivity contribution in [2.75, 3.05) is 0 Å². The summed E-state index contributed by atoms with van der Waals surface area (Å²) in [6, 6.07) is 1.72. The third-order valence-electron chi connectivity index (χ3n) is 7.46. The van der Waals surface area contributed by atoms with Crippen LogP contribution in [0.2, 0.25) is 0 Å². The number of carbonyl (C=O) groups is 1. The molecule has 0 aromatic carbocycles. The van der Waals surface area contributed by atoms with E-state index >= 15 is 0 Å². The van der Waals surface area contributed by atoms with E-state index in [2.05, 4.69) is 6.92 Å². The van der Waals surface area contributed by atoms with Gasteiger partial charge < -0.3 is 14.4 Å². The fraction of sp³-hybridized carbons (Fsp3) is 0.480. The van der Waals surface area contributed by atoms with Crippen LogP contribution in [0.1, 0.15) is 69.7 Å². The summed E-state index contributed by atoms with van der Waals surface area (Å²) in [6.45, 7) is 5.89. The Hall–Kier alpha value is -2.80. The van der Waals surface area contributed by atoms with Crippen LogP contribution >= 0.6 is 0 Å². The molecule has 0 fully saturated rings. The molecule has 3 aliphatic heterocycles. The molecule has 4 heterocycles. The fourth-order valence-electron chi connectivity index (χ4n) is 5.29. The van der Waals surface area contributed by atoms with Crippen LogP contribution in [0.15, 0.2) is 44.5 Å². The maximum Gasteiger partial charge on any atom is 0.343 e. The van der Waals surface area contributed by atoms with Crippen molar-refractivity contribution >= 4 is 17.4 Å². The second kappa shape index (κ2) is 7.37. The molecule has 7 heteroatoms. The van der Waals surface area contributed by atoms with Gasteiger partial charge in [0.1, 0.15) is 12.4 Å². The first kappa shape index (κ1) is 21.1. The number of pyridine rings is 1. The van der Waals surface area contributed by atoms with Gasteiger partial charge in [-0.3, -0.25) is 9.79 Å². The average Bonchev–Trinajstić information content (AvgIpc) is 3.13. The summed E-state index contributed by atoms with van der Waals surface area (Å²) in [4.78, 5) is 30.6. The molecule has 0 saturated carbocycles. The molecule has 32 heavy (non-hydrogen) atoms. The van der Waals surface area contributed by atoms with Crippen molar-refractivity contribution in [2.45, 2.75) is 71.6 Å². The summed E-state index contributed by atoms with van der Waals surface area (Å²) in [7, 11) is 0. The van der Waals surface area contributed by atoms with Gasteiger partial charge in [0.05, 0.1) is 17.0 Å². The van der Waals surface area contributed by atoms with Gasteiger partial charge in [-0.25, -0.2) is 9.18 Å². The molecule has 0 amide bonds. The number of allylic oxidation sites excluding steroid dienone is 5. The SMILES string of the molecule is CC[C@@]1(O)C(=O)OCc2c1cc1n(c2=O)CC2=C1N=C1C=C(F)C(C)=C(CCCC2C)C1. The Kier molecular flexibility index (Phi) is 4.85. The van der Waals surface area contributed by atoms with Crippen molar-refractivity contribution < 1.29 is 19.0 Å². The maximum atomic E-state index is 14.6. The number of nitrogens with zero attached hydrogens (tertiary/aromatic N) is 2. The van der Waals surface area contributed by atoms with Crippen LogP contribution in [0.5, 0.6) is 0 Å². The van der Waals surface area contributed by atoms with Gasteiger partial charge in [-0.15, -0.1) is 0 Å². The molecular formula is C25H27FN2O4. The summed E-state index contributed by atoms with van der Waals surface area (Å²) < 4.78 is 21.4. The summed E-state index contributed by atoms with van der Waals surface area (Å²) >= 11 is 0. The predicted molar refractivity (Wildman–Crippen MR) is 119 cm³/mol. The first-order chi connectivity index (χ1) is 15.2. The summed E-state index contributed by atoms with van der Waals surface area (Å²) in [5.41, 5.74) is 3.17. The van der Waals surface area contributed by atoms with Gasteiger partial charge in [0, 0.05) is 24.2 Å². The van der Waals surface area contributed by atoms with E-state index < -0.39 is 11.6 Å². The van der Waals surface area contributed by atoms with Crippen LogP contribution in [-0.2, 0) is 28.3 Å². The van der Waals surface area contributed by atoms with Gasteiger partial charge in [-0.2, -0.15) is 0 Å². The van der Waals surface area contributed by atoms with E-state index in [0.29, 0.717) is 46.8 Å². The van der Waals surface area contributed by atoms with Gasteiger partial charge in [0.25, 0.3) is 5.56 Å². The van der Waals surface area contributed by atoms with E-state index in [9.17, 15) is 19.1 Å². The molecule has 0 spiro atoms. The van der Waals surface area contributed by atoms with Crippen LogP contribution < -0.4 is 5.56 Å². The summed E-state index contributed by atoms with van der Waals surface area (Å²) in [6.07, 6.45) is 4.85. The minimum Gasteiger partial charge on any atom is -0.458 e. The Balaban J connectivity index is 1.73. The fourth-order valence-corrected chi connectivity index (χ4v) is 5.29. The highest BCUT2D eigenvalue weighted by atomic mass is 19.1. The number of halogens is 1. The molecule has 6 nitrogen and oxygen atoms in total. The molecule has 1 aromatic rings. The second-order valence-electron chi connectivity index (χ2n) is 9.27. The largest absolute Gasteiger partial charge is 0.458 e. The highest BCUT2D eigenvalue weighted by Gasteiger charge is 2.45. The number of ether oxygens (including phenoxy) is 1. The topological polar surface area (TPSA) is 80.9 Å². The molecule has 4 aliphatic rings. The van der Waals surface area contributed by atoms with E-state index in [4.69, 9.17) is 9.73 Å². The van der Waals surface area contributed by atoms with Crippen LogP contribution in [0.25, 0.3) is 5.70 Å². The molecule has 0 saturated heterocycles. The van der Waals surface area contributed by atoms with E-state index in [-0.39, 0.29) is 30.3 Å². The number of esters is 1. The third-order valence-corrected chi connectivity index (χ3v) is 7.46. The second-order valence-corrected chi connectivity index (χ2v) is 9.27. The molecular weight excluding hydrogens is 411 g/mol. The van der Waals surface area contributed by atoms with Crippen LogP contribution in [-0.4, -0.2) is 21.4 Å².